The summed E-state index contributed by atoms with van der Waals surface area (Å²) in [7, 11) is 0. The van der Waals surface area contributed by atoms with Gasteiger partial charge >= 0.3 is 11.7 Å². The van der Waals surface area contributed by atoms with Gasteiger partial charge in [-0.15, -0.1) is 0 Å². The summed E-state index contributed by atoms with van der Waals surface area (Å²) in [6, 6.07) is 10.5. The summed E-state index contributed by atoms with van der Waals surface area (Å²) in [6.45, 7) is 0.485. The third kappa shape index (κ3) is 5.22. The number of likely N-dealkylation sites (tertiary alicyclic amines) is 1. The van der Waals surface area contributed by atoms with E-state index in [1.54, 1.807) is 4.90 Å². The van der Waals surface area contributed by atoms with Crippen molar-refractivity contribution >= 4 is 11.9 Å². The Bertz CT molecular complexity index is 980. The quantitative estimate of drug-likeness (QED) is 0.756. The van der Waals surface area contributed by atoms with Gasteiger partial charge in [0.05, 0.1) is 6.54 Å². The molecule has 1 fully saturated rings. The Labute approximate surface area is 168 Å². The molecule has 1 aromatic heterocycles. The number of carbonyl (C=O) groups is 2. The van der Waals surface area contributed by atoms with E-state index < -0.39 is 17.2 Å². The average Bonchev–Trinajstić information content (AvgIpc) is 2.72. The van der Waals surface area contributed by atoms with E-state index in [0.29, 0.717) is 19.5 Å². The van der Waals surface area contributed by atoms with Crippen LogP contribution in [0, 0.1) is 0 Å². The van der Waals surface area contributed by atoms with Crippen molar-refractivity contribution in [1.29, 1.82) is 0 Å². The molecule has 1 N–H and O–H groups in total. The van der Waals surface area contributed by atoms with Crippen LogP contribution in [0.3, 0.4) is 0 Å². The SMILES string of the molecule is O=C(O)CCC1CCCCN1C(=O)Cn1c(=O)ccn(Cc2ccccc2)c1=O. The molecule has 8 nitrogen and oxygen atoms in total. The molecule has 0 saturated carbocycles. The Hall–Kier alpha value is -3.16. The van der Waals surface area contributed by atoms with Crippen LogP contribution >= 0.6 is 0 Å². The second kappa shape index (κ2) is 9.36. The maximum Gasteiger partial charge on any atom is 0.331 e. The second-order valence-corrected chi connectivity index (χ2v) is 7.31. The molecule has 1 aliphatic rings. The lowest BCUT2D eigenvalue weighted by Crippen LogP contribution is -2.49. The highest BCUT2D eigenvalue weighted by Crippen LogP contribution is 2.21. The molecule has 29 heavy (non-hydrogen) atoms. The van der Waals surface area contributed by atoms with Crippen LogP contribution in [0.5, 0.6) is 0 Å². The number of aliphatic carboxylic acids is 1. The van der Waals surface area contributed by atoms with E-state index in [4.69, 9.17) is 5.11 Å². The van der Waals surface area contributed by atoms with E-state index in [-0.39, 0.29) is 24.9 Å². The van der Waals surface area contributed by atoms with E-state index in [1.165, 1.54) is 16.8 Å². The number of nitrogens with zero attached hydrogens (tertiary/aromatic N) is 3. The van der Waals surface area contributed by atoms with Crippen LogP contribution in [0.15, 0.2) is 52.2 Å². The first-order chi connectivity index (χ1) is 14.0. The monoisotopic (exact) mass is 399 g/mol. The summed E-state index contributed by atoms with van der Waals surface area (Å²) in [5.74, 6) is -1.22. The highest BCUT2D eigenvalue weighted by molar-refractivity contribution is 5.76. The lowest BCUT2D eigenvalue weighted by atomic mass is 9.98. The zero-order chi connectivity index (χ0) is 20.8. The van der Waals surface area contributed by atoms with Crippen molar-refractivity contribution in [1.82, 2.24) is 14.0 Å². The highest BCUT2D eigenvalue weighted by Gasteiger charge is 2.27. The molecule has 0 aliphatic carbocycles. The van der Waals surface area contributed by atoms with Crippen LogP contribution in [0.1, 0.15) is 37.7 Å². The van der Waals surface area contributed by atoms with Crippen molar-refractivity contribution in [2.45, 2.75) is 51.2 Å². The standard InChI is InChI=1S/C21H25N3O5/c25-18-11-13-22(14-16-6-2-1-3-7-16)21(29)24(18)15-19(26)23-12-5-4-8-17(23)9-10-20(27)28/h1-3,6-7,11,13,17H,4-5,8-10,12,14-15H2,(H,27,28). The summed E-state index contributed by atoms with van der Waals surface area (Å²) >= 11 is 0. The number of piperidine rings is 1. The molecule has 0 bridgehead atoms. The number of aromatic nitrogens is 2. The summed E-state index contributed by atoms with van der Waals surface area (Å²) in [4.78, 5) is 50.4. The first kappa shape index (κ1) is 20.6. The summed E-state index contributed by atoms with van der Waals surface area (Å²) in [5, 5.41) is 8.94. The number of carbonyl (C=O) groups excluding carboxylic acids is 1. The summed E-state index contributed by atoms with van der Waals surface area (Å²) in [5.41, 5.74) is -0.142. The van der Waals surface area contributed by atoms with Gasteiger partial charge in [0.15, 0.2) is 0 Å². The van der Waals surface area contributed by atoms with Gasteiger partial charge in [-0.25, -0.2) is 4.79 Å². The third-order valence-corrected chi connectivity index (χ3v) is 5.27. The van der Waals surface area contributed by atoms with Crippen LogP contribution in [0.4, 0.5) is 0 Å². The van der Waals surface area contributed by atoms with E-state index in [0.717, 1.165) is 29.4 Å². The zero-order valence-corrected chi connectivity index (χ0v) is 16.2. The fraction of sp³-hybridized carbons (Fsp3) is 0.429. The Morgan fingerprint density at radius 3 is 2.55 bits per heavy atom. The van der Waals surface area contributed by atoms with Crippen LogP contribution in [-0.2, 0) is 22.7 Å². The molecule has 1 unspecified atom stereocenters. The third-order valence-electron chi connectivity index (χ3n) is 5.27. The van der Waals surface area contributed by atoms with Crippen molar-refractivity contribution in [2.24, 2.45) is 0 Å². The molecule has 3 rings (SSSR count). The maximum atomic E-state index is 12.9. The second-order valence-electron chi connectivity index (χ2n) is 7.31. The van der Waals surface area contributed by atoms with Gasteiger partial charge in [-0.1, -0.05) is 30.3 Å². The Balaban J connectivity index is 1.78. The number of rotatable bonds is 7. The summed E-state index contributed by atoms with van der Waals surface area (Å²) in [6.07, 6.45) is 4.31. The van der Waals surface area contributed by atoms with Crippen LogP contribution in [0.2, 0.25) is 0 Å². The molecule has 2 aromatic rings. The molecule has 2 heterocycles. The van der Waals surface area contributed by atoms with Crippen molar-refractivity contribution in [2.75, 3.05) is 6.54 Å². The highest BCUT2D eigenvalue weighted by atomic mass is 16.4. The van der Waals surface area contributed by atoms with Gasteiger partial charge in [-0.2, -0.15) is 0 Å². The maximum absolute atomic E-state index is 12.9. The molecule has 1 atom stereocenters. The predicted molar refractivity (Wildman–Crippen MR) is 107 cm³/mol. The van der Waals surface area contributed by atoms with Gasteiger partial charge in [-0.3, -0.25) is 23.5 Å². The Morgan fingerprint density at radius 1 is 1.07 bits per heavy atom. The lowest BCUT2D eigenvalue weighted by molar-refractivity contribution is -0.140. The molecule has 8 heteroatoms. The summed E-state index contributed by atoms with van der Waals surface area (Å²) < 4.78 is 2.36. The number of carboxylic acids is 1. The normalized spacial score (nSPS) is 16.6. The topological polar surface area (TPSA) is 102 Å². The van der Waals surface area contributed by atoms with Crippen LogP contribution in [0.25, 0.3) is 0 Å². The lowest BCUT2D eigenvalue weighted by Gasteiger charge is -2.35. The van der Waals surface area contributed by atoms with Crippen LogP contribution < -0.4 is 11.2 Å². The van der Waals surface area contributed by atoms with E-state index in [1.807, 2.05) is 30.3 Å². The molecule has 154 valence electrons. The van der Waals surface area contributed by atoms with Gasteiger partial charge < -0.3 is 10.0 Å². The minimum Gasteiger partial charge on any atom is -0.481 e. The molecule has 1 aliphatic heterocycles. The average molecular weight is 399 g/mol. The number of hydrogen-bond donors (Lipinski definition) is 1. The van der Waals surface area contributed by atoms with Gasteiger partial charge in [-0.05, 0) is 31.2 Å². The molecule has 0 spiro atoms. The van der Waals surface area contributed by atoms with E-state index >= 15 is 0 Å². The number of hydrogen-bond acceptors (Lipinski definition) is 4. The molecule has 1 amide bonds. The van der Waals surface area contributed by atoms with Crippen molar-refractivity contribution < 1.29 is 14.7 Å². The van der Waals surface area contributed by atoms with Crippen molar-refractivity contribution in [3.63, 3.8) is 0 Å². The number of benzene rings is 1. The zero-order valence-electron chi connectivity index (χ0n) is 16.2. The Kier molecular flexibility index (Phi) is 6.64. The molecule has 1 saturated heterocycles. The van der Waals surface area contributed by atoms with E-state index in [2.05, 4.69) is 0 Å². The minimum absolute atomic E-state index is 0.0103. The predicted octanol–water partition coefficient (Wildman–Crippen LogP) is 1.30. The van der Waals surface area contributed by atoms with Gasteiger partial charge in [0, 0.05) is 31.3 Å². The van der Waals surface area contributed by atoms with Crippen molar-refractivity contribution in [3.8, 4) is 0 Å². The van der Waals surface area contributed by atoms with Gasteiger partial charge in [0.25, 0.3) is 5.56 Å². The minimum atomic E-state index is -0.897. The first-order valence-electron chi connectivity index (χ1n) is 9.81. The van der Waals surface area contributed by atoms with E-state index in [9.17, 15) is 19.2 Å². The number of carboxylic acid groups (broad SMARTS) is 1. The Morgan fingerprint density at radius 2 is 1.83 bits per heavy atom. The fourth-order valence-electron chi connectivity index (χ4n) is 3.75. The largest absolute Gasteiger partial charge is 0.481 e. The van der Waals surface area contributed by atoms with Crippen molar-refractivity contribution in [3.05, 3.63) is 69.0 Å². The smallest absolute Gasteiger partial charge is 0.331 e. The van der Waals surface area contributed by atoms with Gasteiger partial charge in [0.2, 0.25) is 5.91 Å². The van der Waals surface area contributed by atoms with Gasteiger partial charge in [0.1, 0.15) is 6.54 Å². The molecular formula is C21H25N3O5. The fourth-order valence-corrected chi connectivity index (χ4v) is 3.75. The number of amides is 1. The molecular weight excluding hydrogens is 374 g/mol. The molecule has 0 radical (unpaired) electrons. The molecule has 1 aromatic carbocycles. The van der Waals surface area contributed by atoms with Crippen LogP contribution in [-0.4, -0.2) is 43.6 Å². The first-order valence-corrected chi connectivity index (χ1v) is 9.81.